The molecule has 0 aliphatic rings. The Hall–Kier alpha value is -2.33. The van der Waals surface area contributed by atoms with Crippen LogP contribution in [0.1, 0.15) is 30.9 Å². The molecule has 2 aromatic carbocycles. The molecule has 11 heteroatoms. The molecular formula is C30H40Cl2FN3O4S. The quantitative estimate of drug-likeness (QED) is 0.173. The molecule has 3 atom stereocenters. The molecule has 1 amide bonds. The third kappa shape index (κ3) is 12.2. The first-order chi connectivity index (χ1) is 19.7. The van der Waals surface area contributed by atoms with Crippen LogP contribution in [0.4, 0.5) is 10.1 Å². The van der Waals surface area contributed by atoms with E-state index in [1.54, 1.807) is 30.8 Å². The van der Waals surface area contributed by atoms with Crippen molar-refractivity contribution in [1.82, 2.24) is 5.32 Å². The lowest BCUT2D eigenvalue weighted by molar-refractivity contribution is -0.149. The van der Waals surface area contributed by atoms with Crippen LogP contribution < -0.4 is 16.0 Å². The van der Waals surface area contributed by atoms with Crippen molar-refractivity contribution in [3.8, 4) is 0 Å². The largest absolute Gasteiger partial charge is 0.466 e. The van der Waals surface area contributed by atoms with Gasteiger partial charge in [0.15, 0.2) is 5.78 Å². The van der Waals surface area contributed by atoms with Gasteiger partial charge in [0.25, 0.3) is 0 Å². The van der Waals surface area contributed by atoms with E-state index in [4.69, 9.17) is 33.7 Å². The van der Waals surface area contributed by atoms with Crippen molar-refractivity contribution in [2.75, 3.05) is 48.4 Å². The van der Waals surface area contributed by atoms with E-state index in [9.17, 15) is 18.8 Å². The molecule has 0 saturated heterocycles. The topological polar surface area (TPSA) is 102 Å². The molecule has 0 spiro atoms. The molecule has 226 valence electrons. The third-order valence-electron chi connectivity index (χ3n) is 6.57. The summed E-state index contributed by atoms with van der Waals surface area (Å²) in [5.74, 6) is -0.667. The number of nitrogens with zero attached hydrogens (tertiary/aromatic N) is 1. The number of Topliss-reactive ketones (excluding diaryl/α,β-unsaturated/α-hetero) is 1. The Labute approximate surface area is 256 Å². The fraction of sp³-hybridized carbons (Fsp3) is 0.500. The molecule has 41 heavy (non-hydrogen) atoms. The van der Waals surface area contributed by atoms with Gasteiger partial charge in [0.05, 0.1) is 24.6 Å². The molecule has 3 N–H and O–H groups in total. The van der Waals surface area contributed by atoms with Crippen LogP contribution in [-0.4, -0.2) is 73.2 Å². The smallest absolute Gasteiger partial charge is 0.309 e. The molecule has 2 aromatic rings. The minimum Gasteiger partial charge on any atom is -0.466 e. The molecule has 0 aliphatic heterocycles. The van der Waals surface area contributed by atoms with Crippen LogP contribution in [0.2, 0.25) is 0 Å². The molecule has 7 nitrogen and oxygen atoms in total. The minimum absolute atomic E-state index is 0.0676. The number of hydrogen-bond donors (Lipinski definition) is 2. The van der Waals surface area contributed by atoms with Gasteiger partial charge >= 0.3 is 5.97 Å². The molecule has 0 radical (unpaired) electrons. The maximum absolute atomic E-state index is 13.7. The number of nitrogens with one attached hydrogen (secondary N) is 1. The Morgan fingerprint density at radius 2 is 1.73 bits per heavy atom. The summed E-state index contributed by atoms with van der Waals surface area (Å²) >= 11 is 13.6. The van der Waals surface area contributed by atoms with Gasteiger partial charge in [-0.3, -0.25) is 14.4 Å². The zero-order chi connectivity index (χ0) is 30.2. The van der Waals surface area contributed by atoms with E-state index in [0.29, 0.717) is 42.6 Å². The van der Waals surface area contributed by atoms with E-state index in [0.717, 1.165) is 11.3 Å². The number of carbonyl (C=O) groups excluding carboxylic acids is 3. The SMILES string of the molecule is CCOC(=O)C(CCSC)CC(=O)C(Cc1cccc(N(CCCl)CCCl)c1)NC(=O)C(N)Cc1ccc(F)cc1. The number of hydrogen-bond acceptors (Lipinski definition) is 7. The summed E-state index contributed by atoms with van der Waals surface area (Å²) in [6, 6.07) is 11.5. The molecule has 2 rings (SSSR count). The molecule has 0 bridgehead atoms. The third-order valence-corrected chi connectivity index (χ3v) is 7.56. The number of rotatable bonds is 19. The molecule has 3 unspecified atom stereocenters. The predicted molar refractivity (Wildman–Crippen MR) is 167 cm³/mol. The fourth-order valence-electron chi connectivity index (χ4n) is 4.39. The van der Waals surface area contributed by atoms with Crippen molar-refractivity contribution in [3.05, 3.63) is 65.5 Å². The number of nitrogens with two attached hydrogens (primary N) is 1. The summed E-state index contributed by atoms with van der Waals surface area (Å²) in [5.41, 5.74) is 8.61. The van der Waals surface area contributed by atoms with E-state index in [1.807, 2.05) is 30.5 Å². The highest BCUT2D eigenvalue weighted by molar-refractivity contribution is 7.98. The number of halogens is 3. The number of amides is 1. The molecule has 0 saturated carbocycles. The van der Waals surface area contributed by atoms with Crippen molar-refractivity contribution in [2.45, 2.75) is 44.7 Å². The predicted octanol–water partition coefficient (Wildman–Crippen LogP) is 4.60. The standard InChI is InChI=1S/C30H40Cl2FN3O4S/c1-3-40-30(39)23(11-16-41-2)20-28(37)27(35-29(38)26(34)18-21-7-9-24(33)10-8-21)19-22-5-4-6-25(17-22)36(14-12-31)15-13-32/h4-10,17,23,26-27H,3,11-16,18-20,34H2,1-2H3,(H,35,38). The van der Waals surface area contributed by atoms with Gasteiger partial charge < -0.3 is 20.7 Å². The van der Waals surface area contributed by atoms with Crippen molar-refractivity contribution < 1.29 is 23.5 Å². The fourth-order valence-corrected chi connectivity index (χ4v) is 5.32. The Bertz CT molecular complexity index is 1100. The van der Waals surface area contributed by atoms with E-state index in [1.165, 1.54) is 12.1 Å². The van der Waals surface area contributed by atoms with Crippen LogP contribution in [0, 0.1) is 11.7 Å². The second kappa shape index (κ2) is 19.0. The van der Waals surface area contributed by atoms with Crippen LogP contribution in [0.15, 0.2) is 48.5 Å². The van der Waals surface area contributed by atoms with Crippen molar-refractivity contribution >= 4 is 58.3 Å². The highest BCUT2D eigenvalue weighted by Crippen LogP contribution is 2.21. The summed E-state index contributed by atoms with van der Waals surface area (Å²) in [7, 11) is 0. The van der Waals surface area contributed by atoms with Crippen molar-refractivity contribution in [2.24, 2.45) is 11.7 Å². The summed E-state index contributed by atoms with van der Waals surface area (Å²) < 4.78 is 18.5. The number of thioether (sulfide) groups is 1. The van der Waals surface area contributed by atoms with Gasteiger partial charge in [0.2, 0.25) is 5.91 Å². The lowest BCUT2D eigenvalue weighted by Crippen LogP contribution is -2.50. The highest BCUT2D eigenvalue weighted by atomic mass is 35.5. The number of esters is 1. The van der Waals surface area contributed by atoms with Gasteiger partial charge in [-0.25, -0.2) is 4.39 Å². The Morgan fingerprint density at radius 3 is 2.34 bits per heavy atom. The lowest BCUT2D eigenvalue weighted by Gasteiger charge is -2.25. The number of carbonyl (C=O) groups is 3. The Morgan fingerprint density at radius 1 is 1.05 bits per heavy atom. The van der Waals surface area contributed by atoms with E-state index >= 15 is 0 Å². The van der Waals surface area contributed by atoms with Crippen LogP contribution in [0.5, 0.6) is 0 Å². The summed E-state index contributed by atoms with van der Waals surface area (Å²) in [5, 5.41) is 2.83. The monoisotopic (exact) mass is 627 g/mol. The van der Waals surface area contributed by atoms with Crippen LogP contribution in [0.3, 0.4) is 0 Å². The maximum atomic E-state index is 13.7. The van der Waals surface area contributed by atoms with Gasteiger partial charge in [-0.2, -0.15) is 11.8 Å². The van der Waals surface area contributed by atoms with E-state index < -0.39 is 29.9 Å². The summed E-state index contributed by atoms with van der Waals surface area (Å²) in [4.78, 5) is 41.5. The molecule has 0 heterocycles. The number of alkyl halides is 2. The van der Waals surface area contributed by atoms with Gasteiger partial charge in [-0.05, 0) is 73.6 Å². The second-order valence-electron chi connectivity index (χ2n) is 9.64. The van der Waals surface area contributed by atoms with Gasteiger partial charge in [0, 0.05) is 37.0 Å². The number of anilines is 1. The number of ether oxygens (including phenoxy) is 1. The zero-order valence-electron chi connectivity index (χ0n) is 23.6. The average molecular weight is 629 g/mol. The first kappa shape index (κ1) is 34.9. The first-order valence-electron chi connectivity index (χ1n) is 13.7. The Kier molecular flexibility index (Phi) is 16.1. The van der Waals surface area contributed by atoms with E-state index in [2.05, 4.69) is 10.2 Å². The first-order valence-corrected chi connectivity index (χ1v) is 16.1. The number of ketones is 1. The highest BCUT2D eigenvalue weighted by Gasteiger charge is 2.30. The van der Waals surface area contributed by atoms with Gasteiger partial charge in [-0.1, -0.05) is 24.3 Å². The molecule has 0 aliphatic carbocycles. The van der Waals surface area contributed by atoms with Crippen LogP contribution in [-0.2, 0) is 32.0 Å². The lowest BCUT2D eigenvalue weighted by atomic mass is 9.92. The maximum Gasteiger partial charge on any atom is 0.309 e. The Balaban J connectivity index is 2.29. The van der Waals surface area contributed by atoms with Gasteiger partial charge in [0.1, 0.15) is 5.82 Å². The summed E-state index contributed by atoms with van der Waals surface area (Å²) in [6.45, 7) is 3.15. The summed E-state index contributed by atoms with van der Waals surface area (Å²) in [6.07, 6.45) is 2.72. The molecular weight excluding hydrogens is 588 g/mol. The van der Waals surface area contributed by atoms with Crippen molar-refractivity contribution in [3.63, 3.8) is 0 Å². The molecule has 0 aromatic heterocycles. The van der Waals surface area contributed by atoms with Gasteiger partial charge in [-0.15, -0.1) is 23.2 Å². The zero-order valence-corrected chi connectivity index (χ0v) is 25.9. The average Bonchev–Trinajstić information content (AvgIpc) is 2.96. The van der Waals surface area contributed by atoms with Crippen LogP contribution >= 0.6 is 35.0 Å². The second-order valence-corrected chi connectivity index (χ2v) is 11.4. The molecule has 0 fully saturated rings. The van der Waals surface area contributed by atoms with Crippen molar-refractivity contribution in [1.29, 1.82) is 0 Å². The van der Waals surface area contributed by atoms with Crippen LogP contribution in [0.25, 0.3) is 0 Å². The normalized spacial score (nSPS) is 13.2. The number of benzene rings is 2. The minimum atomic E-state index is -0.956. The van der Waals surface area contributed by atoms with E-state index in [-0.39, 0.29) is 37.5 Å².